The van der Waals surface area contributed by atoms with Crippen molar-refractivity contribution in [2.24, 2.45) is 0 Å². The molecule has 2 aromatic rings. The topological polar surface area (TPSA) is 45.9 Å². The first-order valence-corrected chi connectivity index (χ1v) is 7.32. The summed E-state index contributed by atoms with van der Waals surface area (Å²) in [5.74, 6) is 1.38. The SMILES string of the molecule is COc1ccc(CSc2ccc(Br)cn2)cc1C#N. The number of nitrogens with zero attached hydrogens (tertiary/aromatic N) is 2. The summed E-state index contributed by atoms with van der Waals surface area (Å²) in [6.07, 6.45) is 1.77. The van der Waals surface area contributed by atoms with E-state index in [9.17, 15) is 0 Å². The summed E-state index contributed by atoms with van der Waals surface area (Å²) < 4.78 is 6.09. The number of rotatable bonds is 4. The van der Waals surface area contributed by atoms with Crippen molar-refractivity contribution in [3.05, 3.63) is 52.1 Å². The molecule has 0 aliphatic rings. The Morgan fingerprint density at radius 3 is 2.84 bits per heavy atom. The number of thioether (sulfide) groups is 1. The lowest BCUT2D eigenvalue weighted by Crippen LogP contribution is -1.90. The third-order valence-corrected chi connectivity index (χ3v) is 3.96. The maximum atomic E-state index is 9.04. The molecule has 0 saturated heterocycles. The number of nitriles is 1. The van der Waals surface area contributed by atoms with Gasteiger partial charge in [-0.1, -0.05) is 6.07 Å². The minimum Gasteiger partial charge on any atom is -0.495 e. The largest absolute Gasteiger partial charge is 0.495 e. The Balaban J connectivity index is 2.08. The van der Waals surface area contributed by atoms with Gasteiger partial charge in [-0.15, -0.1) is 11.8 Å². The van der Waals surface area contributed by atoms with Crippen molar-refractivity contribution in [1.29, 1.82) is 5.26 Å². The monoisotopic (exact) mass is 334 g/mol. The summed E-state index contributed by atoms with van der Waals surface area (Å²) in [6, 6.07) is 11.7. The molecule has 0 N–H and O–H groups in total. The lowest BCUT2D eigenvalue weighted by Gasteiger charge is -2.05. The van der Waals surface area contributed by atoms with E-state index in [0.717, 1.165) is 20.8 Å². The zero-order chi connectivity index (χ0) is 13.7. The van der Waals surface area contributed by atoms with Crippen LogP contribution in [0.3, 0.4) is 0 Å². The maximum Gasteiger partial charge on any atom is 0.136 e. The average Bonchev–Trinajstić information content (AvgIpc) is 2.46. The van der Waals surface area contributed by atoms with Gasteiger partial charge in [0.25, 0.3) is 0 Å². The van der Waals surface area contributed by atoms with Crippen molar-refractivity contribution in [3.8, 4) is 11.8 Å². The van der Waals surface area contributed by atoms with E-state index in [1.807, 2.05) is 30.3 Å². The van der Waals surface area contributed by atoms with Crippen LogP contribution in [0.5, 0.6) is 5.75 Å². The maximum absolute atomic E-state index is 9.04. The fraction of sp³-hybridized carbons (Fsp3) is 0.143. The minimum atomic E-state index is 0.560. The van der Waals surface area contributed by atoms with E-state index >= 15 is 0 Å². The Bertz CT molecular complexity index is 608. The molecule has 1 aromatic heterocycles. The summed E-state index contributed by atoms with van der Waals surface area (Å²) in [5.41, 5.74) is 1.64. The molecule has 0 amide bonds. The molecule has 96 valence electrons. The third-order valence-electron chi connectivity index (χ3n) is 2.47. The molecule has 0 radical (unpaired) electrons. The van der Waals surface area contributed by atoms with Crippen LogP contribution in [0.4, 0.5) is 0 Å². The van der Waals surface area contributed by atoms with Crippen LogP contribution in [-0.2, 0) is 5.75 Å². The van der Waals surface area contributed by atoms with Gasteiger partial charge < -0.3 is 4.74 Å². The van der Waals surface area contributed by atoms with E-state index in [1.54, 1.807) is 25.1 Å². The quantitative estimate of drug-likeness (QED) is 0.792. The van der Waals surface area contributed by atoms with Crippen LogP contribution in [0.2, 0.25) is 0 Å². The molecule has 0 aliphatic carbocycles. The summed E-state index contributed by atoms with van der Waals surface area (Å²) in [6.45, 7) is 0. The highest BCUT2D eigenvalue weighted by molar-refractivity contribution is 9.10. The van der Waals surface area contributed by atoms with E-state index in [2.05, 4.69) is 27.0 Å². The summed E-state index contributed by atoms with van der Waals surface area (Å²) in [5, 5.41) is 9.99. The molecule has 0 atom stereocenters. The van der Waals surface area contributed by atoms with Crippen LogP contribution in [0, 0.1) is 11.3 Å². The first-order chi connectivity index (χ1) is 9.22. The van der Waals surface area contributed by atoms with Gasteiger partial charge in [-0.25, -0.2) is 4.98 Å². The van der Waals surface area contributed by atoms with Gasteiger partial charge in [-0.2, -0.15) is 5.26 Å². The van der Waals surface area contributed by atoms with Crippen LogP contribution >= 0.6 is 27.7 Å². The zero-order valence-electron chi connectivity index (χ0n) is 10.3. The smallest absolute Gasteiger partial charge is 0.136 e. The van der Waals surface area contributed by atoms with Crippen molar-refractivity contribution in [2.45, 2.75) is 10.8 Å². The van der Waals surface area contributed by atoms with Crippen molar-refractivity contribution in [1.82, 2.24) is 4.98 Å². The molecule has 0 bridgehead atoms. The molecule has 19 heavy (non-hydrogen) atoms. The molecule has 0 unspecified atom stereocenters. The second-order valence-electron chi connectivity index (χ2n) is 3.75. The molecule has 1 aromatic carbocycles. The molecule has 0 spiro atoms. The molecular weight excluding hydrogens is 324 g/mol. The van der Waals surface area contributed by atoms with E-state index in [0.29, 0.717) is 11.3 Å². The van der Waals surface area contributed by atoms with Crippen LogP contribution in [0.1, 0.15) is 11.1 Å². The second kappa shape index (κ2) is 6.60. The highest BCUT2D eigenvalue weighted by atomic mass is 79.9. The Labute approximate surface area is 124 Å². The Kier molecular flexibility index (Phi) is 4.83. The number of aromatic nitrogens is 1. The van der Waals surface area contributed by atoms with E-state index in [1.165, 1.54) is 0 Å². The number of halogens is 1. The van der Waals surface area contributed by atoms with Crippen LogP contribution in [0.15, 0.2) is 46.0 Å². The standard InChI is InChI=1S/C14H11BrN2OS/c1-18-13-4-2-10(6-11(13)7-16)9-19-14-5-3-12(15)8-17-14/h2-6,8H,9H2,1H3. The number of pyridine rings is 1. The highest BCUT2D eigenvalue weighted by Crippen LogP contribution is 2.25. The van der Waals surface area contributed by atoms with Gasteiger partial charge in [-0.3, -0.25) is 0 Å². The summed E-state index contributed by atoms with van der Waals surface area (Å²) in [7, 11) is 1.57. The Hall–Kier alpha value is -1.51. The molecule has 0 aliphatic heterocycles. The Morgan fingerprint density at radius 2 is 2.21 bits per heavy atom. The summed E-state index contributed by atoms with van der Waals surface area (Å²) in [4.78, 5) is 4.30. The van der Waals surface area contributed by atoms with Gasteiger partial charge in [0.1, 0.15) is 11.8 Å². The zero-order valence-corrected chi connectivity index (χ0v) is 12.7. The number of hydrogen-bond acceptors (Lipinski definition) is 4. The number of methoxy groups -OCH3 is 1. The van der Waals surface area contributed by atoms with Crippen molar-refractivity contribution < 1.29 is 4.74 Å². The van der Waals surface area contributed by atoms with Gasteiger partial charge in [0.2, 0.25) is 0 Å². The van der Waals surface area contributed by atoms with Crippen molar-refractivity contribution in [2.75, 3.05) is 7.11 Å². The second-order valence-corrected chi connectivity index (χ2v) is 5.66. The fourth-order valence-electron chi connectivity index (χ4n) is 1.54. The van der Waals surface area contributed by atoms with Crippen LogP contribution < -0.4 is 4.74 Å². The predicted octanol–water partition coefficient (Wildman–Crippen LogP) is 4.02. The van der Waals surface area contributed by atoms with Gasteiger partial charge >= 0.3 is 0 Å². The van der Waals surface area contributed by atoms with Gasteiger partial charge in [-0.05, 0) is 45.8 Å². The number of hydrogen-bond donors (Lipinski definition) is 0. The number of benzene rings is 1. The first-order valence-electron chi connectivity index (χ1n) is 5.54. The first kappa shape index (κ1) is 13.9. The molecular formula is C14H11BrN2OS. The lowest BCUT2D eigenvalue weighted by molar-refractivity contribution is 0.413. The molecule has 0 saturated carbocycles. The van der Waals surface area contributed by atoms with Crippen molar-refractivity contribution in [3.63, 3.8) is 0 Å². The van der Waals surface area contributed by atoms with Gasteiger partial charge in [0.15, 0.2) is 0 Å². The minimum absolute atomic E-state index is 0.560. The molecule has 1 heterocycles. The molecule has 5 heteroatoms. The lowest BCUT2D eigenvalue weighted by atomic mass is 10.1. The Morgan fingerprint density at radius 1 is 1.37 bits per heavy atom. The highest BCUT2D eigenvalue weighted by Gasteiger charge is 2.04. The predicted molar refractivity (Wildman–Crippen MR) is 79.2 cm³/mol. The van der Waals surface area contributed by atoms with E-state index in [-0.39, 0.29) is 0 Å². The van der Waals surface area contributed by atoms with Crippen LogP contribution in [0.25, 0.3) is 0 Å². The fourth-order valence-corrected chi connectivity index (χ4v) is 2.56. The van der Waals surface area contributed by atoms with E-state index < -0.39 is 0 Å². The summed E-state index contributed by atoms with van der Waals surface area (Å²) >= 11 is 4.99. The third kappa shape index (κ3) is 3.72. The number of ether oxygens (including phenoxy) is 1. The molecule has 2 rings (SSSR count). The average molecular weight is 335 g/mol. The van der Waals surface area contributed by atoms with Crippen molar-refractivity contribution >= 4 is 27.7 Å². The normalized spacial score (nSPS) is 9.95. The van der Waals surface area contributed by atoms with Gasteiger partial charge in [0.05, 0.1) is 17.7 Å². The molecule has 0 fully saturated rings. The van der Waals surface area contributed by atoms with Crippen LogP contribution in [-0.4, -0.2) is 12.1 Å². The molecule has 3 nitrogen and oxygen atoms in total. The van der Waals surface area contributed by atoms with Gasteiger partial charge in [0, 0.05) is 16.4 Å². The van der Waals surface area contributed by atoms with E-state index in [4.69, 9.17) is 10.00 Å².